The number of likely N-dealkylation sites (tertiary alicyclic amines) is 1. The van der Waals surface area contributed by atoms with Crippen LogP contribution in [-0.4, -0.2) is 54.0 Å². The number of rotatable bonds is 7. The Labute approximate surface area is 152 Å². The molecule has 0 aromatic heterocycles. The van der Waals surface area contributed by atoms with Gasteiger partial charge in [-0.05, 0) is 32.3 Å². The Balaban J connectivity index is 1.61. The van der Waals surface area contributed by atoms with E-state index in [0.717, 1.165) is 32.5 Å². The van der Waals surface area contributed by atoms with Crippen molar-refractivity contribution in [3.05, 3.63) is 35.9 Å². The summed E-state index contributed by atoms with van der Waals surface area (Å²) in [5, 5.41) is 14.0. The minimum Gasteiger partial charge on any atom is -0.394 e. The summed E-state index contributed by atoms with van der Waals surface area (Å²) in [6.45, 7) is 11.8. The van der Waals surface area contributed by atoms with Crippen molar-refractivity contribution in [3.8, 4) is 0 Å². The minimum absolute atomic E-state index is 0.0454. The second-order valence-corrected chi connectivity index (χ2v) is 8.32. The number of ether oxygens (including phenoxy) is 1. The first kappa shape index (κ1) is 18.8. The average molecular weight is 347 g/mol. The first-order chi connectivity index (χ1) is 11.9. The zero-order chi connectivity index (χ0) is 18.1. The Kier molecular flexibility index (Phi) is 5.54. The van der Waals surface area contributed by atoms with Gasteiger partial charge >= 0.3 is 0 Å². The molecule has 3 rings (SSSR count). The van der Waals surface area contributed by atoms with Gasteiger partial charge in [-0.2, -0.15) is 0 Å². The van der Waals surface area contributed by atoms with Crippen LogP contribution in [0.25, 0.3) is 0 Å². The molecule has 0 spiro atoms. The number of nitrogens with one attached hydrogen (secondary N) is 1. The third-order valence-electron chi connectivity index (χ3n) is 6.74. The van der Waals surface area contributed by atoms with E-state index in [4.69, 9.17) is 4.74 Å². The smallest absolute Gasteiger partial charge is 0.0663 e. The molecule has 2 fully saturated rings. The van der Waals surface area contributed by atoms with Gasteiger partial charge in [-0.25, -0.2) is 0 Å². The maximum absolute atomic E-state index is 10.1. The van der Waals surface area contributed by atoms with Crippen LogP contribution >= 0.6 is 0 Å². The maximum atomic E-state index is 10.1. The van der Waals surface area contributed by atoms with Gasteiger partial charge < -0.3 is 15.2 Å². The van der Waals surface area contributed by atoms with Crippen LogP contribution in [-0.2, 0) is 4.74 Å². The van der Waals surface area contributed by atoms with Gasteiger partial charge in [0.2, 0.25) is 0 Å². The lowest BCUT2D eigenvalue weighted by Gasteiger charge is -2.61. The highest BCUT2D eigenvalue weighted by atomic mass is 16.5. The van der Waals surface area contributed by atoms with Crippen LogP contribution in [0.5, 0.6) is 0 Å². The normalized spacial score (nSPS) is 33.2. The minimum atomic E-state index is -0.219. The van der Waals surface area contributed by atoms with Gasteiger partial charge in [-0.1, -0.05) is 44.2 Å². The molecular formula is C21H34N2O2. The highest BCUT2D eigenvalue weighted by Gasteiger charge is 2.61. The highest BCUT2D eigenvalue weighted by Crippen LogP contribution is 2.51. The molecule has 2 aliphatic rings. The molecule has 4 nitrogen and oxygen atoms in total. The van der Waals surface area contributed by atoms with Crippen LogP contribution in [0, 0.1) is 5.41 Å². The van der Waals surface area contributed by atoms with Crippen LogP contribution in [0.4, 0.5) is 0 Å². The summed E-state index contributed by atoms with van der Waals surface area (Å²) in [5.74, 6) is 0. The van der Waals surface area contributed by atoms with E-state index in [0.29, 0.717) is 12.1 Å². The van der Waals surface area contributed by atoms with Crippen molar-refractivity contribution in [1.82, 2.24) is 10.2 Å². The molecular weight excluding hydrogens is 312 g/mol. The number of nitrogens with zero attached hydrogens (tertiary/aromatic N) is 1. The Hall–Kier alpha value is -0.940. The van der Waals surface area contributed by atoms with Crippen molar-refractivity contribution in [2.24, 2.45) is 5.41 Å². The largest absolute Gasteiger partial charge is 0.394 e. The van der Waals surface area contributed by atoms with E-state index in [2.05, 4.69) is 61.3 Å². The monoisotopic (exact) mass is 346 g/mol. The third-order valence-corrected chi connectivity index (χ3v) is 6.74. The van der Waals surface area contributed by atoms with Gasteiger partial charge in [0.05, 0.1) is 18.2 Å². The molecule has 4 atom stereocenters. The highest BCUT2D eigenvalue weighted by molar-refractivity contribution is 5.19. The number of benzene rings is 1. The van der Waals surface area contributed by atoms with Crippen LogP contribution in [0.3, 0.4) is 0 Å². The molecule has 1 aliphatic heterocycles. The van der Waals surface area contributed by atoms with Gasteiger partial charge in [0.25, 0.3) is 0 Å². The summed E-state index contributed by atoms with van der Waals surface area (Å²) in [4.78, 5) is 2.55. The fraction of sp³-hybridized carbons (Fsp3) is 0.714. The van der Waals surface area contributed by atoms with Crippen LogP contribution in [0.1, 0.15) is 52.1 Å². The number of aliphatic hydroxyl groups is 1. The van der Waals surface area contributed by atoms with E-state index in [1.807, 2.05) is 6.92 Å². The van der Waals surface area contributed by atoms with Gasteiger partial charge in [0.1, 0.15) is 0 Å². The Bertz CT molecular complexity index is 562. The van der Waals surface area contributed by atoms with Crippen LogP contribution in [0.2, 0.25) is 0 Å². The summed E-state index contributed by atoms with van der Waals surface area (Å²) < 4.78 is 5.87. The van der Waals surface area contributed by atoms with Crippen molar-refractivity contribution in [2.45, 2.75) is 64.3 Å². The number of hydrogen-bond acceptors (Lipinski definition) is 4. The SMILES string of the molecule is CCOC1CC(CO)(NC2CCN(C(C)c3ccccc3)C2)C1(C)C. The quantitative estimate of drug-likeness (QED) is 0.797. The molecule has 1 aromatic carbocycles. The molecule has 1 aromatic rings. The lowest BCUT2D eigenvalue weighted by molar-refractivity contribution is -0.180. The lowest BCUT2D eigenvalue weighted by atomic mass is 9.54. The van der Waals surface area contributed by atoms with Crippen molar-refractivity contribution in [1.29, 1.82) is 0 Å². The fourth-order valence-corrected chi connectivity index (χ4v) is 4.63. The predicted octanol–water partition coefficient (Wildman–Crippen LogP) is 2.98. The average Bonchev–Trinajstić information content (AvgIpc) is 3.09. The molecule has 0 radical (unpaired) electrons. The van der Waals surface area contributed by atoms with Crippen molar-refractivity contribution in [3.63, 3.8) is 0 Å². The number of aliphatic hydroxyl groups excluding tert-OH is 1. The molecule has 0 amide bonds. The molecule has 25 heavy (non-hydrogen) atoms. The second kappa shape index (κ2) is 7.36. The van der Waals surface area contributed by atoms with E-state index >= 15 is 0 Å². The molecule has 140 valence electrons. The Morgan fingerprint density at radius 1 is 1.32 bits per heavy atom. The molecule has 4 heteroatoms. The first-order valence-electron chi connectivity index (χ1n) is 9.72. The zero-order valence-corrected chi connectivity index (χ0v) is 16.2. The van der Waals surface area contributed by atoms with Crippen LogP contribution < -0.4 is 5.32 Å². The molecule has 1 saturated heterocycles. The fourth-order valence-electron chi connectivity index (χ4n) is 4.63. The van der Waals surface area contributed by atoms with E-state index in [9.17, 15) is 5.11 Å². The van der Waals surface area contributed by atoms with Gasteiger partial charge in [0.15, 0.2) is 0 Å². The molecule has 2 N–H and O–H groups in total. The van der Waals surface area contributed by atoms with Crippen LogP contribution in [0.15, 0.2) is 30.3 Å². The summed E-state index contributed by atoms with van der Waals surface area (Å²) in [7, 11) is 0. The van der Waals surface area contributed by atoms with E-state index in [1.54, 1.807) is 0 Å². The third kappa shape index (κ3) is 3.37. The Morgan fingerprint density at radius 3 is 2.64 bits per heavy atom. The predicted molar refractivity (Wildman–Crippen MR) is 102 cm³/mol. The molecule has 1 aliphatic carbocycles. The maximum Gasteiger partial charge on any atom is 0.0663 e. The van der Waals surface area contributed by atoms with Gasteiger partial charge in [-0.15, -0.1) is 0 Å². The first-order valence-corrected chi connectivity index (χ1v) is 9.72. The molecule has 1 heterocycles. The van der Waals surface area contributed by atoms with E-state index in [-0.39, 0.29) is 23.7 Å². The summed E-state index contributed by atoms with van der Waals surface area (Å²) >= 11 is 0. The Morgan fingerprint density at radius 2 is 2.04 bits per heavy atom. The standard InChI is InChI=1S/C21H34N2O2/c1-5-25-19-13-21(15-24,20(19,3)4)22-18-11-12-23(14-18)16(2)17-9-7-6-8-10-17/h6-10,16,18-19,22,24H,5,11-15H2,1-4H3. The summed E-state index contributed by atoms with van der Waals surface area (Å²) in [5.41, 5.74) is 1.11. The second-order valence-electron chi connectivity index (χ2n) is 8.32. The van der Waals surface area contributed by atoms with Crippen molar-refractivity contribution in [2.75, 3.05) is 26.3 Å². The van der Waals surface area contributed by atoms with Crippen molar-refractivity contribution >= 4 is 0 Å². The van der Waals surface area contributed by atoms with E-state index < -0.39 is 0 Å². The van der Waals surface area contributed by atoms with Gasteiger partial charge in [-0.3, -0.25) is 4.90 Å². The molecule has 4 unspecified atom stereocenters. The summed E-state index contributed by atoms with van der Waals surface area (Å²) in [6, 6.07) is 11.6. The van der Waals surface area contributed by atoms with Crippen molar-refractivity contribution < 1.29 is 9.84 Å². The lowest BCUT2D eigenvalue weighted by Crippen LogP contribution is -2.75. The van der Waals surface area contributed by atoms with Gasteiger partial charge in [0, 0.05) is 37.2 Å². The molecule has 0 bridgehead atoms. The molecule has 1 saturated carbocycles. The zero-order valence-electron chi connectivity index (χ0n) is 16.2. The number of hydrogen-bond donors (Lipinski definition) is 2. The topological polar surface area (TPSA) is 44.7 Å². The van der Waals surface area contributed by atoms with E-state index in [1.165, 1.54) is 5.56 Å². The summed E-state index contributed by atoms with van der Waals surface area (Å²) in [6.07, 6.45) is 2.27.